The number of rotatable bonds is 4. The summed E-state index contributed by atoms with van der Waals surface area (Å²) in [6.45, 7) is 6.35. The molecule has 0 radical (unpaired) electrons. The molecule has 19 heavy (non-hydrogen) atoms. The molecule has 0 unspecified atom stereocenters. The van der Waals surface area contributed by atoms with Gasteiger partial charge in [-0.3, -0.25) is 0 Å². The first-order valence-electron chi connectivity index (χ1n) is 6.60. The van der Waals surface area contributed by atoms with Gasteiger partial charge in [0, 0.05) is 43.5 Å². The second-order valence-electron chi connectivity index (χ2n) is 4.63. The molecule has 1 N–H and O–H groups in total. The van der Waals surface area contributed by atoms with Crippen LogP contribution in [0, 0.1) is 0 Å². The van der Waals surface area contributed by atoms with Crippen LogP contribution >= 0.6 is 0 Å². The number of ether oxygens (including phenoxy) is 2. The molecule has 1 aliphatic rings. The average Bonchev–Trinajstić information content (AvgIpc) is 2.48. The Hall–Kier alpha value is -1.68. The summed E-state index contributed by atoms with van der Waals surface area (Å²) >= 11 is 0. The third-order valence-corrected chi connectivity index (χ3v) is 3.42. The Morgan fingerprint density at radius 1 is 1.21 bits per heavy atom. The standard InChI is InChI=1S/C15H22N2O2/c1-12(17-8-6-16-7-9-17)10-13-4-5-14(18-2)11-15(13)19-3/h4-5,10-11,16H,6-9H2,1-3H3. The average molecular weight is 262 g/mol. The first-order chi connectivity index (χ1) is 9.24. The Morgan fingerprint density at radius 2 is 1.95 bits per heavy atom. The molecule has 1 aromatic carbocycles. The number of nitrogens with zero attached hydrogens (tertiary/aromatic N) is 1. The normalized spacial score (nSPS) is 16.4. The zero-order valence-corrected chi connectivity index (χ0v) is 11.9. The maximum absolute atomic E-state index is 5.42. The van der Waals surface area contributed by atoms with Gasteiger partial charge in [0.05, 0.1) is 14.2 Å². The van der Waals surface area contributed by atoms with Gasteiger partial charge in [-0.05, 0) is 25.1 Å². The lowest BCUT2D eigenvalue weighted by Crippen LogP contribution is -2.42. The summed E-state index contributed by atoms with van der Waals surface area (Å²) in [5, 5.41) is 3.36. The number of methoxy groups -OCH3 is 2. The predicted molar refractivity (Wildman–Crippen MR) is 77.6 cm³/mol. The maximum atomic E-state index is 5.42. The van der Waals surface area contributed by atoms with Gasteiger partial charge in [0.15, 0.2) is 0 Å². The van der Waals surface area contributed by atoms with E-state index >= 15 is 0 Å². The van der Waals surface area contributed by atoms with Crippen molar-refractivity contribution < 1.29 is 9.47 Å². The number of benzene rings is 1. The maximum Gasteiger partial charge on any atom is 0.129 e. The second kappa shape index (κ2) is 6.48. The van der Waals surface area contributed by atoms with Crippen LogP contribution in [-0.4, -0.2) is 45.3 Å². The van der Waals surface area contributed by atoms with E-state index < -0.39 is 0 Å². The summed E-state index contributed by atoms with van der Waals surface area (Å²) in [6, 6.07) is 5.90. The van der Waals surface area contributed by atoms with Gasteiger partial charge in [-0.1, -0.05) is 0 Å². The number of hydrogen-bond acceptors (Lipinski definition) is 4. The molecular weight excluding hydrogens is 240 g/mol. The van der Waals surface area contributed by atoms with E-state index in [0.29, 0.717) is 0 Å². The molecule has 0 aliphatic carbocycles. The van der Waals surface area contributed by atoms with E-state index in [-0.39, 0.29) is 0 Å². The fourth-order valence-corrected chi connectivity index (χ4v) is 2.27. The smallest absolute Gasteiger partial charge is 0.129 e. The molecule has 0 spiro atoms. The first kappa shape index (κ1) is 13.7. The first-order valence-corrected chi connectivity index (χ1v) is 6.60. The Kier molecular flexibility index (Phi) is 4.68. The second-order valence-corrected chi connectivity index (χ2v) is 4.63. The molecule has 4 nitrogen and oxygen atoms in total. The van der Waals surface area contributed by atoms with Crippen LogP contribution in [-0.2, 0) is 0 Å². The summed E-state index contributed by atoms with van der Waals surface area (Å²) in [7, 11) is 3.35. The number of piperazine rings is 1. The molecular formula is C15H22N2O2. The van der Waals surface area contributed by atoms with Gasteiger partial charge in [-0.2, -0.15) is 0 Å². The van der Waals surface area contributed by atoms with Gasteiger partial charge in [0.2, 0.25) is 0 Å². The van der Waals surface area contributed by atoms with Gasteiger partial charge in [0.25, 0.3) is 0 Å². The molecule has 1 fully saturated rings. The van der Waals surface area contributed by atoms with Crippen molar-refractivity contribution in [1.82, 2.24) is 10.2 Å². The minimum Gasteiger partial charge on any atom is -0.497 e. The Morgan fingerprint density at radius 3 is 2.58 bits per heavy atom. The lowest BCUT2D eigenvalue weighted by atomic mass is 10.1. The van der Waals surface area contributed by atoms with Crippen LogP contribution < -0.4 is 14.8 Å². The van der Waals surface area contributed by atoms with E-state index in [2.05, 4.69) is 23.2 Å². The molecule has 0 saturated carbocycles. The Balaban J connectivity index is 2.20. The molecule has 1 saturated heterocycles. The van der Waals surface area contributed by atoms with Crippen molar-refractivity contribution in [2.45, 2.75) is 6.92 Å². The predicted octanol–water partition coefficient (Wildman–Crippen LogP) is 1.97. The van der Waals surface area contributed by atoms with Crippen LogP contribution in [0.3, 0.4) is 0 Å². The minimum atomic E-state index is 0.814. The van der Waals surface area contributed by atoms with Crippen molar-refractivity contribution in [3.05, 3.63) is 29.5 Å². The minimum absolute atomic E-state index is 0.814. The molecule has 0 atom stereocenters. The number of nitrogens with one attached hydrogen (secondary N) is 1. The third kappa shape index (κ3) is 3.41. The largest absolute Gasteiger partial charge is 0.497 e. The van der Waals surface area contributed by atoms with E-state index in [1.165, 1.54) is 5.70 Å². The van der Waals surface area contributed by atoms with Crippen molar-refractivity contribution in [2.75, 3.05) is 40.4 Å². The summed E-state index contributed by atoms with van der Waals surface area (Å²) in [4.78, 5) is 2.39. The summed E-state index contributed by atoms with van der Waals surface area (Å²) in [6.07, 6.45) is 2.17. The van der Waals surface area contributed by atoms with E-state index in [1.807, 2.05) is 18.2 Å². The number of allylic oxidation sites excluding steroid dienone is 1. The van der Waals surface area contributed by atoms with E-state index in [0.717, 1.165) is 43.2 Å². The molecule has 0 aromatic heterocycles. The van der Waals surface area contributed by atoms with Crippen LogP contribution in [0.4, 0.5) is 0 Å². The van der Waals surface area contributed by atoms with Gasteiger partial charge in [-0.15, -0.1) is 0 Å². The quantitative estimate of drug-likeness (QED) is 0.899. The van der Waals surface area contributed by atoms with Crippen molar-refractivity contribution in [3.8, 4) is 11.5 Å². The molecule has 1 aliphatic heterocycles. The van der Waals surface area contributed by atoms with E-state index in [4.69, 9.17) is 9.47 Å². The lowest BCUT2D eigenvalue weighted by Gasteiger charge is -2.30. The van der Waals surface area contributed by atoms with E-state index in [9.17, 15) is 0 Å². The van der Waals surface area contributed by atoms with Gasteiger partial charge in [0.1, 0.15) is 11.5 Å². The van der Waals surface area contributed by atoms with Crippen molar-refractivity contribution in [3.63, 3.8) is 0 Å². The van der Waals surface area contributed by atoms with Crippen LogP contribution in [0.1, 0.15) is 12.5 Å². The highest BCUT2D eigenvalue weighted by Gasteiger charge is 2.10. The third-order valence-electron chi connectivity index (χ3n) is 3.42. The monoisotopic (exact) mass is 262 g/mol. The summed E-state index contributed by atoms with van der Waals surface area (Å²) in [5.41, 5.74) is 2.35. The van der Waals surface area contributed by atoms with Crippen LogP contribution in [0.25, 0.3) is 6.08 Å². The highest BCUT2D eigenvalue weighted by molar-refractivity contribution is 5.61. The topological polar surface area (TPSA) is 33.7 Å². The van der Waals surface area contributed by atoms with Crippen molar-refractivity contribution in [2.24, 2.45) is 0 Å². The molecule has 104 valence electrons. The van der Waals surface area contributed by atoms with Crippen LogP contribution in [0.5, 0.6) is 11.5 Å². The van der Waals surface area contributed by atoms with Gasteiger partial charge < -0.3 is 19.7 Å². The van der Waals surface area contributed by atoms with Gasteiger partial charge >= 0.3 is 0 Å². The fraction of sp³-hybridized carbons (Fsp3) is 0.467. The highest BCUT2D eigenvalue weighted by atomic mass is 16.5. The zero-order valence-electron chi connectivity index (χ0n) is 11.9. The highest BCUT2D eigenvalue weighted by Crippen LogP contribution is 2.27. The van der Waals surface area contributed by atoms with Crippen LogP contribution in [0.2, 0.25) is 0 Å². The van der Waals surface area contributed by atoms with Crippen molar-refractivity contribution >= 4 is 6.08 Å². The summed E-state index contributed by atoms with van der Waals surface area (Å²) < 4.78 is 10.6. The lowest BCUT2D eigenvalue weighted by molar-refractivity contribution is 0.302. The molecule has 2 rings (SSSR count). The SMILES string of the molecule is COc1ccc(C=C(C)N2CCNCC2)c(OC)c1. The Labute approximate surface area is 115 Å². The number of hydrogen-bond donors (Lipinski definition) is 1. The fourth-order valence-electron chi connectivity index (χ4n) is 2.27. The zero-order chi connectivity index (χ0) is 13.7. The molecule has 0 bridgehead atoms. The molecule has 0 amide bonds. The molecule has 1 aromatic rings. The molecule has 1 heterocycles. The Bertz CT molecular complexity index is 451. The van der Waals surface area contributed by atoms with E-state index in [1.54, 1.807) is 14.2 Å². The summed E-state index contributed by atoms with van der Waals surface area (Å²) in [5.74, 6) is 1.66. The van der Waals surface area contributed by atoms with Crippen LogP contribution in [0.15, 0.2) is 23.9 Å². The van der Waals surface area contributed by atoms with Crippen molar-refractivity contribution in [1.29, 1.82) is 0 Å². The molecule has 4 heteroatoms. The van der Waals surface area contributed by atoms with Gasteiger partial charge in [-0.25, -0.2) is 0 Å².